The first-order valence-corrected chi connectivity index (χ1v) is 8.22. The number of ether oxygens (including phenoxy) is 1. The maximum Gasteiger partial charge on any atom is 0.311 e. The van der Waals surface area contributed by atoms with E-state index in [9.17, 15) is 9.90 Å². The van der Waals surface area contributed by atoms with Crippen LogP contribution in [0.1, 0.15) is 18.4 Å². The number of carboxylic acids is 1. The van der Waals surface area contributed by atoms with Gasteiger partial charge in [0.25, 0.3) is 0 Å². The minimum absolute atomic E-state index is 0.350. The lowest BCUT2D eigenvalue weighted by molar-refractivity contribution is -0.149. The Kier molecular flexibility index (Phi) is 4.74. The fraction of sp³-hybridized carbons (Fsp3) is 0.389. The molecule has 0 amide bonds. The molecular weight excluding hydrogens is 320 g/mol. The molecule has 1 aliphatic rings. The second-order valence-corrected chi connectivity index (χ2v) is 6.42. The second-order valence-electron chi connectivity index (χ2n) is 6.42. The maximum absolute atomic E-state index is 12.2. The first-order valence-electron chi connectivity index (χ1n) is 8.22. The van der Waals surface area contributed by atoms with Gasteiger partial charge < -0.3 is 20.5 Å². The summed E-state index contributed by atoms with van der Waals surface area (Å²) in [5.74, 6) is 0.786. The van der Waals surface area contributed by atoms with Crippen LogP contribution in [0.5, 0.6) is 5.75 Å². The lowest BCUT2D eigenvalue weighted by Crippen LogP contribution is -2.49. The van der Waals surface area contributed by atoms with Gasteiger partial charge in [0, 0.05) is 19.3 Å². The number of nitrogens with two attached hydrogens (primary N) is 1. The predicted molar refractivity (Wildman–Crippen MR) is 94.7 cm³/mol. The van der Waals surface area contributed by atoms with Gasteiger partial charge in [-0.3, -0.25) is 4.79 Å². The summed E-state index contributed by atoms with van der Waals surface area (Å²) in [6.07, 6.45) is 3.39. The molecule has 0 unspecified atom stereocenters. The van der Waals surface area contributed by atoms with Gasteiger partial charge in [-0.25, -0.2) is 4.98 Å². The molecule has 2 aromatic rings. The minimum Gasteiger partial charge on any atom is -0.497 e. The van der Waals surface area contributed by atoms with Crippen molar-refractivity contribution >= 4 is 17.7 Å². The van der Waals surface area contributed by atoms with Gasteiger partial charge >= 0.3 is 5.97 Å². The van der Waals surface area contributed by atoms with Crippen molar-refractivity contribution in [2.24, 2.45) is 5.41 Å². The van der Waals surface area contributed by atoms with E-state index in [4.69, 9.17) is 10.5 Å². The number of nitrogen functional groups attached to an aromatic ring is 1. The summed E-state index contributed by atoms with van der Waals surface area (Å²) >= 11 is 0. The van der Waals surface area contributed by atoms with Crippen LogP contribution in [0, 0.1) is 5.41 Å². The molecule has 1 atom stereocenters. The summed E-state index contributed by atoms with van der Waals surface area (Å²) < 4.78 is 5.25. The van der Waals surface area contributed by atoms with Gasteiger partial charge in [-0.15, -0.1) is 0 Å². The first kappa shape index (κ1) is 17.0. The fourth-order valence-corrected chi connectivity index (χ4v) is 3.38. The Balaban J connectivity index is 1.87. The number of nitrogens with zero attached hydrogens (tertiary/aromatic N) is 3. The molecule has 132 valence electrons. The second kappa shape index (κ2) is 6.96. The minimum atomic E-state index is -0.890. The molecule has 1 saturated heterocycles. The molecule has 1 fully saturated rings. The lowest BCUT2D eigenvalue weighted by atomic mass is 9.75. The molecule has 1 aliphatic heterocycles. The van der Waals surface area contributed by atoms with Crippen molar-refractivity contribution in [3.8, 4) is 5.75 Å². The summed E-state index contributed by atoms with van der Waals surface area (Å²) in [4.78, 5) is 22.5. The Morgan fingerprint density at radius 1 is 1.44 bits per heavy atom. The molecule has 7 heteroatoms. The van der Waals surface area contributed by atoms with Crippen molar-refractivity contribution in [1.29, 1.82) is 0 Å². The van der Waals surface area contributed by atoms with E-state index in [0.29, 0.717) is 31.2 Å². The number of aromatic nitrogens is 2. The number of hydrogen-bond acceptors (Lipinski definition) is 6. The molecule has 1 aromatic carbocycles. The third-order valence-electron chi connectivity index (χ3n) is 4.65. The van der Waals surface area contributed by atoms with Crippen LogP contribution in [-0.2, 0) is 11.2 Å². The zero-order valence-corrected chi connectivity index (χ0v) is 14.2. The van der Waals surface area contributed by atoms with Crippen molar-refractivity contribution in [3.63, 3.8) is 0 Å². The van der Waals surface area contributed by atoms with Crippen molar-refractivity contribution in [3.05, 3.63) is 42.1 Å². The molecule has 0 radical (unpaired) electrons. The summed E-state index contributed by atoms with van der Waals surface area (Å²) in [6.45, 7) is 1.07. The zero-order chi connectivity index (χ0) is 17.9. The van der Waals surface area contributed by atoms with Crippen LogP contribution in [-0.4, -0.2) is 41.2 Å². The summed E-state index contributed by atoms with van der Waals surface area (Å²) in [7, 11) is 1.60. The number of carboxylic acid groups (broad SMARTS) is 1. The Morgan fingerprint density at radius 2 is 2.28 bits per heavy atom. The monoisotopic (exact) mass is 342 g/mol. The standard InChI is InChI=1S/C18H22N4O3/c1-25-14-5-2-4-13(10-14)11-18(16(23)24)7-3-9-22(12-18)17-20-8-6-15(19)21-17/h2,4-6,8,10H,3,7,9,11-12H2,1H3,(H,23,24)(H2,19,20,21)/t18-/m1/s1. The van der Waals surface area contributed by atoms with E-state index >= 15 is 0 Å². The third kappa shape index (κ3) is 3.65. The van der Waals surface area contributed by atoms with Gasteiger partial charge in [0.2, 0.25) is 5.95 Å². The largest absolute Gasteiger partial charge is 0.497 e. The van der Waals surface area contributed by atoms with Gasteiger partial charge in [0.1, 0.15) is 11.6 Å². The van der Waals surface area contributed by atoms with Crippen molar-refractivity contribution in [2.75, 3.05) is 30.8 Å². The summed E-state index contributed by atoms with van der Waals surface area (Å²) in [5, 5.41) is 9.97. The first-order chi connectivity index (χ1) is 12.0. The predicted octanol–water partition coefficient (Wildman–Crippen LogP) is 1.98. The average molecular weight is 342 g/mol. The Hall–Kier alpha value is -2.83. The number of carbonyl (C=O) groups is 1. The Bertz CT molecular complexity index is 767. The zero-order valence-electron chi connectivity index (χ0n) is 14.2. The van der Waals surface area contributed by atoms with Crippen LogP contribution in [0.4, 0.5) is 11.8 Å². The van der Waals surface area contributed by atoms with Crippen LogP contribution in [0.2, 0.25) is 0 Å². The van der Waals surface area contributed by atoms with Crippen LogP contribution < -0.4 is 15.4 Å². The van der Waals surface area contributed by atoms with E-state index in [1.54, 1.807) is 19.4 Å². The van der Waals surface area contributed by atoms with Gasteiger partial charge in [0.15, 0.2) is 0 Å². The van der Waals surface area contributed by atoms with Gasteiger partial charge in [-0.1, -0.05) is 12.1 Å². The van der Waals surface area contributed by atoms with Crippen LogP contribution >= 0.6 is 0 Å². The molecule has 25 heavy (non-hydrogen) atoms. The highest BCUT2D eigenvalue weighted by atomic mass is 16.5. The molecule has 1 aromatic heterocycles. The molecular formula is C18H22N4O3. The molecule has 0 spiro atoms. The molecule has 0 saturated carbocycles. The Labute approximate surface area is 146 Å². The van der Waals surface area contributed by atoms with E-state index in [1.807, 2.05) is 29.2 Å². The number of methoxy groups -OCH3 is 1. The molecule has 3 rings (SSSR count). The highest BCUT2D eigenvalue weighted by Crippen LogP contribution is 2.36. The van der Waals surface area contributed by atoms with E-state index < -0.39 is 11.4 Å². The topological polar surface area (TPSA) is 102 Å². The van der Waals surface area contributed by atoms with E-state index in [0.717, 1.165) is 24.3 Å². The molecule has 0 aliphatic carbocycles. The molecule has 7 nitrogen and oxygen atoms in total. The van der Waals surface area contributed by atoms with Crippen LogP contribution in [0.25, 0.3) is 0 Å². The SMILES string of the molecule is COc1cccc(C[C@]2(C(=O)O)CCCN(c3nccc(N)n3)C2)c1. The quantitative estimate of drug-likeness (QED) is 0.856. The summed E-state index contributed by atoms with van der Waals surface area (Å²) in [5.41, 5.74) is 5.79. The molecule has 2 heterocycles. The van der Waals surface area contributed by atoms with Crippen molar-refractivity contribution < 1.29 is 14.6 Å². The van der Waals surface area contributed by atoms with Crippen LogP contribution in [0.15, 0.2) is 36.5 Å². The molecule has 3 N–H and O–H groups in total. The number of rotatable bonds is 5. The third-order valence-corrected chi connectivity index (χ3v) is 4.65. The van der Waals surface area contributed by atoms with E-state index in [1.165, 1.54) is 0 Å². The normalized spacial score (nSPS) is 20.3. The van der Waals surface area contributed by atoms with Crippen molar-refractivity contribution in [1.82, 2.24) is 9.97 Å². The van der Waals surface area contributed by atoms with Gasteiger partial charge in [0.05, 0.1) is 12.5 Å². The highest BCUT2D eigenvalue weighted by molar-refractivity contribution is 5.76. The number of anilines is 2. The number of benzene rings is 1. The fourth-order valence-electron chi connectivity index (χ4n) is 3.38. The maximum atomic E-state index is 12.2. The number of hydrogen-bond donors (Lipinski definition) is 2. The number of piperidine rings is 1. The van der Waals surface area contributed by atoms with E-state index in [2.05, 4.69) is 9.97 Å². The Morgan fingerprint density at radius 3 is 3.00 bits per heavy atom. The van der Waals surface area contributed by atoms with E-state index in [-0.39, 0.29) is 0 Å². The van der Waals surface area contributed by atoms with Gasteiger partial charge in [-0.05, 0) is 43.0 Å². The molecule has 0 bridgehead atoms. The van der Waals surface area contributed by atoms with Crippen molar-refractivity contribution in [2.45, 2.75) is 19.3 Å². The van der Waals surface area contributed by atoms with Gasteiger partial charge in [-0.2, -0.15) is 4.98 Å². The average Bonchev–Trinajstić information content (AvgIpc) is 2.62. The smallest absolute Gasteiger partial charge is 0.311 e. The summed E-state index contributed by atoms with van der Waals surface area (Å²) in [6, 6.07) is 9.17. The van der Waals surface area contributed by atoms with Crippen LogP contribution in [0.3, 0.4) is 0 Å². The lowest BCUT2D eigenvalue weighted by Gasteiger charge is -2.40. The number of aliphatic carboxylic acids is 1. The highest BCUT2D eigenvalue weighted by Gasteiger charge is 2.43.